The van der Waals surface area contributed by atoms with Crippen LogP contribution in [-0.4, -0.2) is 39.8 Å². The number of hydrogen-bond acceptors (Lipinski definition) is 7. The van der Waals surface area contributed by atoms with Gasteiger partial charge in [0.1, 0.15) is 23.6 Å². The lowest BCUT2D eigenvalue weighted by Gasteiger charge is -2.25. The average molecular weight is 428 g/mol. The standard InChI is InChI=1S/C22H25N5O2.ClH/c23-21-19-15(14-3-2-8-24-10-14)9-16(27-22(19)26-12-25-21)20-17(28)4-1-5-18(20)29-11-13-6-7-13;/h1,4-5,9,12-14,24,28H,2-3,6-8,10-11H2,(H2,23,25,26,27);1H. The second kappa shape index (κ2) is 8.62. The molecule has 4 N–H and O–H groups in total. The number of rotatable bonds is 5. The number of nitrogens with two attached hydrogens (primary N) is 1. The number of aromatic hydroxyl groups is 1. The van der Waals surface area contributed by atoms with Gasteiger partial charge in [-0.3, -0.25) is 0 Å². The third-order valence-electron chi connectivity index (χ3n) is 5.83. The third kappa shape index (κ3) is 4.00. The topological polar surface area (TPSA) is 106 Å². The van der Waals surface area contributed by atoms with E-state index in [2.05, 4.69) is 15.3 Å². The Morgan fingerprint density at radius 1 is 1.20 bits per heavy atom. The van der Waals surface area contributed by atoms with Crippen LogP contribution in [0.15, 0.2) is 30.6 Å². The van der Waals surface area contributed by atoms with E-state index in [1.807, 2.05) is 12.1 Å². The van der Waals surface area contributed by atoms with Crippen molar-refractivity contribution in [1.82, 2.24) is 20.3 Å². The SMILES string of the molecule is Cl.Nc1ncnc2nc(-c3c(O)cccc3OCC3CC3)cc(C3CCCNC3)c12. The molecule has 2 aromatic heterocycles. The summed E-state index contributed by atoms with van der Waals surface area (Å²) in [6.07, 6.45) is 6.01. The van der Waals surface area contributed by atoms with Crippen molar-refractivity contribution in [2.24, 2.45) is 5.92 Å². The van der Waals surface area contributed by atoms with Gasteiger partial charge in [-0.25, -0.2) is 15.0 Å². The molecule has 5 rings (SSSR count). The molecule has 1 unspecified atom stereocenters. The maximum atomic E-state index is 10.7. The van der Waals surface area contributed by atoms with Crippen molar-refractivity contribution in [3.05, 3.63) is 36.2 Å². The quantitative estimate of drug-likeness (QED) is 0.570. The molecular formula is C22H26ClN5O2. The van der Waals surface area contributed by atoms with Crippen LogP contribution in [-0.2, 0) is 0 Å². The molecule has 1 aliphatic heterocycles. The molecule has 0 radical (unpaired) electrons. The fourth-order valence-electron chi connectivity index (χ4n) is 4.07. The van der Waals surface area contributed by atoms with E-state index in [1.54, 1.807) is 12.1 Å². The Labute approximate surface area is 181 Å². The van der Waals surface area contributed by atoms with Crippen molar-refractivity contribution < 1.29 is 9.84 Å². The lowest BCUT2D eigenvalue weighted by Crippen LogP contribution is -2.28. The predicted octanol–water partition coefficient (Wildman–Crippen LogP) is 3.66. The molecule has 2 fully saturated rings. The predicted molar refractivity (Wildman–Crippen MR) is 119 cm³/mol. The van der Waals surface area contributed by atoms with Crippen molar-refractivity contribution >= 4 is 29.3 Å². The molecule has 1 aliphatic carbocycles. The number of ether oxygens (including phenoxy) is 1. The second-order valence-electron chi connectivity index (χ2n) is 8.00. The summed E-state index contributed by atoms with van der Waals surface area (Å²) < 4.78 is 6.05. The lowest BCUT2D eigenvalue weighted by molar-refractivity contribution is 0.299. The van der Waals surface area contributed by atoms with Crippen molar-refractivity contribution in [1.29, 1.82) is 0 Å². The number of anilines is 1. The van der Waals surface area contributed by atoms with Crippen molar-refractivity contribution in [2.45, 2.75) is 31.6 Å². The molecule has 1 aromatic carbocycles. The third-order valence-corrected chi connectivity index (χ3v) is 5.83. The van der Waals surface area contributed by atoms with Crippen LogP contribution in [0.5, 0.6) is 11.5 Å². The van der Waals surface area contributed by atoms with Gasteiger partial charge in [0.25, 0.3) is 0 Å². The molecule has 1 atom stereocenters. The van der Waals surface area contributed by atoms with Gasteiger partial charge in [0.2, 0.25) is 0 Å². The fourth-order valence-corrected chi connectivity index (χ4v) is 4.07. The summed E-state index contributed by atoms with van der Waals surface area (Å²) in [5.74, 6) is 2.16. The van der Waals surface area contributed by atoms with Crippen LogP contribution in [0.2, 0.25) is 0 Å². The highest BCUT2D eigenvalue weighted by atomic mass is 35.5. The Morgan fingerprint density at radius 3 is 2.83 bits per heavy atom. The van der Waals surface area contributed by atoms with Crippen LogP contribution in [0.3, 0.4) is 0 Å². The monoisotopic (exact) mass is 427 g/mol. The molecule has 0 spiro atoms. The highest BCUT2D eigenvalue weighted by molar-refractivity contribution is 5.92. The molecule has 8 heteroatoms. The zero-order chi connectivity index (χ0) is 19.8. The Morgan fingerprint density at radius 2 is 2.07 bits per heavy atom. The fraction of sp³-hybridized carbons (Fsp3) is 0.409. The summed E-state index contributed by atoms with van der Waals surface area (Å²) in [6.45, 7) is 2.56. The maximum absolute atomic E-state index is 10.7. The van der Waals surface area contributed by atoms with E-state index in [9.17, 15) is 5.11 Å². The number of benzene rings is 1. The summed E-state index contributed by atoms with van der Waals surface area (Å²) >= 11 is 0. The second-order valence-corrected chi connectivity index (χ2v) is 8.00. The maximum Gasteiger partial charge on any atom is 0.165 e. The molecule has 0 bridgehead atoms. The van der Waals surface area contributed by atoms with Crippen LogP contribution < -0.4 is 15.8 Å². The summed E-state index contributed by atoms with van der Waals surface area (Å²) in [4.78, 5) is 13.3. The number of piperidine rings is 1. The first-order valence-electron chi connectivity index (χ1n) is 10.3. The number of hydrogen-bond donors (Lipinski definition) is 3. The molecule has 1 saturated carbocycles. The summed E-state index contributed by atoms with van der Waals surface area (Å²) in [5, 5.41) is 14.9. The van der Waals surface area contributed by atoms with Gasteiger partial charge < -0.3 is 20.9 Å². The first-order valence-corrected chi connectivity index (χ1v) is 10.3. The van der Waals surface area contributed by atoms with E-state index < -0.39 is 0 Å². The molecule has 7 nitrogen and oxygen atoms in total. The summed E-state index contributed by atoms with van der Waals surface area (Å²) in [5.41, 5.74) is 9.10. The number of nitrogens with one attached hydrogen (secondary N) is 1. The Kier molecular flexibility index (Phi) is 5.92. The summed E-state index contributed by atoms with van der Waals surface area (Å²) in [7, 11) is 0. The lowest BCUT2D eigenvalue weighted by atomic mass is 9.89. The molecule has 2 aliphatic rings. The molecule has 1 saturated heterocycles. The van der Waals surface area contributed by atoms with Crippen LogP contribution >= 0.6 is 12.4 Å². The molecule has 3 aromatic rings. The van der Waals surface area contributed by atoms with Gasteiger partial charge in [0.05, 0.1) is 23.3 Å². The minimum Gasteiger partial charge on any atom is -0.507 e. The molecule has 3 heterocycles. The van der Waals surface area contributed by atoms with Crippen molar-refractivity contribution in [3.63, 3.8) is 0 Å². The molecule has 158 valence electrons. The molecular weight excluding hydrogens is 402 g/mol. The van der Waals surface area contributed by atoms with E-state index in [0.717, 1.165) is 36.9 Å². The number of phenols is 1. The number of pyridine rings is 1. The van der Waals surface area contributed by atoms with E-state index in [0.29, 0.717) is 46.9 Å². The first-order chi connectivity index (χ1) is 14.2. The van der Waals surface area contributed by atoms with Crippen LogP contribution in [0.4, 0.5) is 5.82 Å². The normalized spacial score (nSPS) is 18.7. The Bertz CT molecular complexity index is 1050. The minimum absolute atomic E-state index is 0. The first kappa shape index (κ1) is 20.6. The zero-order valence-corrected chi connectivity index (χ0v) is 17.5. The smallest absolute Gasteiger partial charge is 0.165 e. The molecule has 0 amide bonds. The number of fused-ring (bicyclic) bond motifs is 1. The van der Waals surface area contributed by atoms with E-state index in [-0.39, 0.29) is 18.2 Å². The average Bonchev–Trinajstić information content (AvgIpc) is 3.57. The van der Waals surface area contributed by atoms with Crippen LogP contribution in [0.1, 0.15) is 37.2 Å². The van der Waals surface area contributed by atoms with Gasteiger partial charge in [-0.05, 0) is 67.8 Å². The largest absolute Gasteiger partial charge is 0.507 e. The number of nitrogens with zero attached hydrogens (tertiary/aromatic N) is 3. The van der Waals surface area contributed by atoms with Crippen LogP contribution in [0.25, 0.3) is 22.3 Å². The zero-order valence-electron chi connectivity index (χ0n) is 16.7. The van der Waals surface area contributed by atoms with Gasteiger partial charge in [0, 0.05) is 6.54 Å². The van der Waals surface area contributed by atoms with E-state index >= 15 is 0 Å². The van der Waals surface area contributed by atoms with Gasteiger partial charge in [0.15, 0.2) is 5.65 Å². The van der Waals surface area contributed by atoms with Gasteiger partial charge in [-0.1, -0.05) is 6.07 Å². The Hall–Kier alpha value is -2.64. The molecule has 30 heavy (non-hydrogen) atoms. The van der Waals surface area contributed by atoms with Crippen molar-refractivity contribution in [3.8, 4) is 22.8 Å². The van der Waals surface area contributed by atoms with Gasteiger partial charge in [-0.2, -0.15) is 0 Å². The number of nitrogen functional groups attached to an aromatic ring is 1. The van der Waals surface area contributed by atoms with E-state index in [4.69, 9.17) is 15.5 Å². The van der Waals surface area contributed by atoms with Gasteiger partial charge >= 0.3 is 0 Å². The highest BCUT2D eigenvalue weighted by Crippen LogP contribution is 2.41. The summed E-state index contributed by atoms with van der Waals surface area (Å²) in [6, 6.07) is 7.38. The Balaban J connectivity index is 0.00000218. The highest BCUT2D eigenvalue weighted by Gasteiger charge is 2.25. The number of aromatic nitrogens is 3. The number of phenolic OH excluding ortho intramolecular Hbond substituents is 1. The van der Waals surface area contributed by atoms with Gasteiger partial charge in [-0.15, -0.1) is 12.4 Å². The van der Waals surface area contributed by atoms with Crippen LogP contribution in [0, 0.1) is 5.92 Å². The minimum atomic E-state index is 0. The number of halogens is 1. The van der Waals surface area contributed by atoms with E-state index in [1.165, 1.54) is 19.2 Å². The van der Waals surface area contributed by atoms with Crippen molar-refractivity contribution in [2.75, 3.05) is 25.4 Å².